The molecule has 6 nitrogen and oxygen atoms in total. The van der Waals surface area contributed by atoms with Crippen molar-refractivity contribution < 1.29 is 14.3 Å². The van der Waals surface area contributed by atoms with E-state index in [1.165, 1.54) is 20.4 Å². The minimum Gasteiger partial charge on any atom is -0.497 e. The van der Waals surface area contributed by atoms with E-state index in [-0.39, 0.29) is 11.6 Å². The van der Waals surface area contributed by atoms with Crippen molar-refractivity contribution in [3.63, 3.8) is 0 Å². The highest BCUT2D eigenvalue weighted by molar-refractivity contribution is 6.11. The number of nitrogens with zero attached hydrogens (tertiary/aromatic N) is 1. The van der Waals surface area contributed by atoms with E-state index in [0.29, 0.717) is 22.6 Å². The van der Waals surface area contributed by atoms with E-state index in [1.807, 2.05) is 0 Å². The zero-order chi connectivity index (χ0) is 13.1. The molecule has 0 aliphatic heterocycles. The molecule has 0 saturated carbocycles. The molecular formula is C12H13N3O3. The third-order valence-corrected chi connectivity index (χ3v) is 2.53. The van der Waals surface area contributed by atoms with E-state index in [2.05, 4.69) is 10.2 Å². The minimum atomic E-state index is -0.238. The predicted octanol–water partition coefficient (Wildman–Crippen LogP) is 1.24. The molecule has 1 aromatic carbocycles. The fourth-order valence-electron chi connectivity index (χ4n) is 1.58. The predicted molar refractivity (Wildman–Crippen MR) is 66.0 cm³/mol. The number of hydrogen-bond donors (Lipinski definition) is 2. The van der Waals surface area contributed by atoms with Gasteiger partial charge in [-0.05, 0) is 12.1 Å². The van der Waals surface area contributed by atoms with Gasteiger partial charge in [-0.15, -0.1) is 0 Å². The molecule has 0 bridgehead atoms. The van der Waals surface area contributed by atoms with E-state index in [4.69, 9.17) is 15.2 Å². The lowest BCUT2D eigenvalue weighted by atomic mass is 10.1. The fourth-order valence-corrected chi connectivity index (χ4v) is 1.58. The zero-order valence-electron chi connectivity index (χ0n) is 10.1. The Bertz CT molecular complexity index is 555. The summed E-state index contributed by atoms with van der Waals surface area (Å²) in [6, 6.07) is 4.93. The summed E-state index contributed by atoms with van der Waals surface area (Å²) in [5.74, 6) is 1.01. The SMILES string of the molecule is COc1cc(OC)cc(C(=O)c2c[nH]nc2N)c1. The number of nitrogens with two attached hydrogens (primary N) is 1. The monoisotopic (exact) mass is 247 g/mol. The van der Waals surface area contributed by atoms with Gasteiger partial charge in [-0.1, -0.05) is 0 Å². The Morgan fingerprint density at radius 2 is 1.83 bits per heavy atom. The number of aromatic amines is 1. The molecule has 0 saturated heterocycles. The first-order valence-electron chi connectivity index (χ1n) is 5.22. The molecule has 1 heterocycles. The molecule has 0 aliphatic carbocycles. The quantitative estimate of drug-likeness (QED) is 0.793. The highest BCUT2D eigenvalue weighted by Gasteiger charge is 2.16. The molecule has 6 heteroatoms. The second kappa shape index (κ2) is 4.79. The number of hydrogen-bond acceptors (Lipinski definition) is 5. The van der Waals surface area contributed by atoms with E-state index in [1.54, 1.807) is 18.2 Å². The van der Waals surface area contributed by atoms with E-state index in [9.17, 15) is 4.79 Å². The number of nitrogens with one attached hydrogen (secondary N) is 1. The summed E-state index contributed by atoms with van der Waals surface area (Å²) in [4.78, 5) is 12.2. The molecule has 0 radical (unpaired) electrons. The molecule has 1 aromatic heterocycles. The van der Waals surface area contributed by atoms with Crippen LogP contribution in [-0.2, 0) is 0 Å². The lowest BCUT2D eigenvalue weighted by Gasteiger charge is -2.07. The first-order valence-corrected chi connectivity index (χ1v) is 5.22. The molecule has 0 unspecified atom stereocenters. The Morgan fingerprint density at radius 3 is 2.28 bits per heavy atom. The summed E-state index contributed by atoms with van der Waals surface area (Å²) in [6.45, 7) is 0. The molecule has 0 fully saturated rings. The van der Waals surface area contributed by atoms with Gasteiger partial charge in [-0.3, -0.25) is 9.89 Å². The van der Waals surface area contributed by atoms with E-state index < -0.39 is 0 Å². The second-order valence-electron chi connectivity index (χ2n) is 3.61. The average Bonchev–Trinajstić information content (AvgIpc) is 2.83. The van der Waals surface area contributed by atoms with Crippen LogP contribution in [0.15, 0.2) is 24.4 Å². The number of carbonyl (C=O) groups excluding carboxylic acids is 1. The Labute approximate surface area is 104 Å². The summed E-state index contributed by atoms with van der Waals surface area (Å²) in [7, 11) is 3.05. The molecule has 18 heavy (non-hydrogen) atoms. The molecule has 0 atom stereocenters. The van der Waals surface area contributed by atoms with Crippen LogP contribution in [0.25, 0.3) is 0 Å². The number of benzene rings is 1. The number of methoxy groups -OCH3 is 2. The lowest BCUT2D eigenvalue weighted by molar-refractivity contribution is 0.103. The Kier molecular flexibility index (Phi) is 3.18. The maximum absolute atomic E-state index is 12.2. The number of H-pyrrole nitrogens is 1. The van der Waals surface area contributed by atoms with Crippen LogP contribution < -0.4 is 15.2 Å². The van der Waals surface area contributed by atoms with Crippen molar-refractivity contribution in [1.29, 1.82) is 0 Å². The summed E-state index contributed by atoms with van der Waals surface area (Å²) in [6.07, 6.45) is 1.46. The normalized spacial score (nSPS) is 10.1. The highest BCUT2D eigenvalue weighted by atomic mass is 16.5. The van der Waals surface area contributed by atoms with Crippen molar-refractivity contribution in [2.45, 2.75) is 0 Å². The van der Waals surface area contributed by atoms with Gasteiger partial charge >= 0.3 is 0 Å². The van der Waals surface area contributed by atoms with Crippen LogP contribution in [0.3, 0.4) is 0 Å². The summed E-state index contributed by atoms with van der Waals surface area (Å²) in [5, 5.41) is 6.27. The van der Waals surface area contributed by atoms with Gasteiger partial charge in [-0.2, -0.15) is 5.10 Å². The van der Waals surface area contributed by atoms with Gasteiger partial charge in [-0.25, -0.2) is 0 Å². The van der Waals surface area contributed by atoms with Crippen LogP contribution in [0, 0.1) is 0 Å². The third kappa shape index (κ3) is 2.13. The van der Waals surface area contributed by atoms with Crippen LogP contribution in [0.5, 0.6) is 11.5 Å². The van der Waals surface area contributed by atoms with Crippen LogP contribution in [0.1, 0.15) is 15.9 Å². The highest BCUT2D eigenvalue weighted by Crippen LogP contribution is 2.25. The molecule has 0 amide bonds. The Hall–Kier alpha value is -2.50. The molecule has 0 aliphatic rings. The van der Waals surface area contributed by atoms with Gasteiger partial charge in [0.15, 0.2) is 11.6 Å². The van der Waals surface area contributed by atoms with Crippen molar-refractivity contribution in [2.24, 2.45) is 0 Å². The summed E-state index contributed by atoms with van der Waals surface area (Å²) >= 11 is 0. The standard InChI is InChI=1S/C12H13N3O3/c1-17-8-3-7(4-9(5-8)18-2)11(16)10-6-14-15-12(10)13/h3-6H,1-2H3,(H3,13,14,15). The molecular weight excluding hydrogens is 234 g/mol. The summed E-state index contributed by atoms with van der Waals surface area (Å²) < 4.78 is 10.2. The second-order valence-corrected chi connectivity index (χ2v) is 3.61. The van der Waals surface area contributed by atoms with Crippen LogP contribution >= 0.6 is 0 Å². The van der Waals surface area contributed by atoms with Crippen LogP contribution in [0.2, 0.25) is 0 Å². The zero-order valence-corrected chi connectivity index (χ0v) is 10.1. The van der Waals surface area contributed by atoms with Gasteiger partial charge in [0, 0.05) is 17.8 Å². The largest absolute Gasteiger partial charge is 0.497 e. The maximum atomic E-state index is 12.2. The molecule has 0 spiro atoms. The van der Waals surface area contributed by atoms with Gasteiger partial charge in [0.1, 0.15) is 11.5 Å². The lowest BCUT2D eigenvalue weighted by Crippen LogP contribution is -2.04. The molecule has 3 N–H and O–H groups in total. The third-order valence-electron chi connectivity index (χ3n) is 2.53. The number of ether oxygens (including phenoxy) is 2. The number of aromatic nitrogens is 2. The molecule has 2 rings (SSSR count). The number of ketones is 1. The Balaban J connectivity index is 2.44. The maximum Gasteiger partial charge on any atom is 0.198 e. The summed E-state index contributed by atoms with van der Waals surface area (Å²) in [5.41, 5.74) is 6.35. The van der Waals surface area contributed by atoms with Crippen molar-refractivity contribution >= 4 is 11.6 Å². The van der Waals surface area contributed by atoms with Crippen LogP contribution in [-0.4, -0.2) is 30.2 Å². The number of rotatable bonds is 4. The minimum absolute atomic E-state index is 0.168. The van der Waals surface area contributed by atoms with Crippen molar-refractivity contribution in [3.8, 4) is 11.5 Å². The Morgan fingerprint density at radius 1 is 1.22 bits per heavy atom. The molecule has 94 valence electrons. The van der Waals surface area contributed by atoms with Crippen molar-refractivity contribution in [3.05, 3.63) is 35.5 Å². The topological polar surface area (TPSA) is 90.2 Å². The van der Waals surface area contributed by atoms with Crippen LogP contribution in [0.4, 0.5) is 5.82 Å². The molecule has 2 aromatic rings. The number of anilines is 1. The fraction of sp³-hybridized carbons (Fsp3) is 0.167. The number of carbonyl (C=O) groups is 1. The van der Waals surface area contributed by atoms with E-state index in [0.717, 1.165) is 0 Å². The van der Waals surface area contributed by atoms with Gasteiger partial charge in [0.2, 0.25) is 0 Å². The van der Waals surface area contributed by atoms with E-state index >= 15 is 0 Å². The first kappa shape index (κ1) is 12.0. The van der Waals surface area contributed by atoms with Crippen molar-refractivity contribution in [1.82, 2.24) is 10.2 Å². The van der Waals surface area contributed by atoms with Gasteiger partial charge in [0.05, 0.1) is 19.8 Å². The first-order chi connectivity index (χ1) is 8.65. The number of nitrogen functional groups attached to an aromatic ring is 1. The van der Waals surface area contributed by atoms with Gasteiger partial charge < -0.3 is 15.2 Å². The smallest absolute Gasteiger partial charge is 0.198 e. The average molecular weight is 247 g/mol. The van der Waals surface area contributed by atoms with Gasteiger partial charge in [0.25, 0.3) is 0 Å². The van der Waals surface area contributed by atoms with Crippen molar-refractivity contribution in [2.75, 3.05) is 20.0 Å².